The minimum Gasteiger partial charge on any atom is -0.271 e. The lowest BCUT2D eigenvalue weighted by atomic mass is 9.77. The zero-order valence-corrected chi connectivity index (χ0v) is 11.7. The number of nitrogens with zero attached hydrogens (tertiary/aromatic N) is 2. The monoisotopic (exact) mass is 268 g/mol. The molecule has 1 aromatic heterocycles. The summed E-state index contributed by atoms with van der Waals surface area (Å²) in [7, 11) is 0. The van der Waals surface area contributed by atoms with Crippen molar-refractivity contribution in [3.63, 3.8) is 0 Å². The average molecular weight is 268 g/mol. The molecule has 3 N–H and O–H groups in total. The van der Waals surface area contributed by atoms with E-state index in [1.807, 2.05) is 6.92 Å². The second-order valence-electron chi connectivity index (χ2n) is 5.44. The summed E-state index contributed by atoms with van der Waals surface area (Å²) in [5, 5.41) is 0. The van der Waals surface area contributed by atoms with Gasteiger partial charge in [-0.3, -0.25) is 15.8 Å². The number of nitrogens with two attached hydrogens (primary N) is 1. The first-order chi connectivity index (χ1) is 9.79. The Morgan fingerprint density at radius 3 is 2.60 bits per heavy atom. The van der Waals surface area contributed by atoms with E-state index in [9.17, 15) is 0 Å². The molecule has 1 fully saturated rings. The molecule has 0 bridgehead atoms. The minimum atomic E-state index is -0.0973. The highest BCUT2D eigenvalue weighted by atomic mass is 15.2. The van der Waals surface area contributed by atoms with Gasteiger partial charge in [-0.2, -0.15) is 0 Å². The molecule has 2 aromatic rings. The van der Waals surface area contributed by atoms with Gasteiger partial charge in [-0.05, 0) is 36.8 Å². The van der Waals surface area contributed by atoms with Gasteiger partial charge in [0.05, 0.1) is 23.6 Å². The van der Waals surface area contributed by atoms with Gasteiger partial charge in [0.15, 0.2) is 0 Å². The van der Waals surface area contributed by atoms with E-state index in [4.69, 9.17) is 5.84 Å². The molecule has 0 spiro atoms. The van der Waals surface area contributed by atoms with E-state index in [2.05, 4.69) is 39.7 Å². The van der Waals surface area contributed by atoms with E-state index < -0.39 is 0 Å². The minimum absolute atomic E-state index is 0.0973. The van der Waals surface area contributed by atoms with E-state index in [0.717, 1.165) is 11.4 Å². The molecule has 1 unspecified atom stereocenters. The predicted molar refractivity (Wildman–Crippen MR) is 79.0 cm³/mol. The predicted octanol–water partition coefficient (Wildman–Crippen LogP) is 2.61. The SMILES string of the molecule is Cc1cnc(C(NN)c2ccccc2C2CCC2)cn1. The Morgan fingerprint density at radius 1 is 1.20 bits per heavy atom. The molecule has 4 heteroatoms. The Kier molecular flexibility index (Phi) is 3.76. The van der Waals surface area contributed by atoms with Crippen molar-refractivity contribution in [3.05, 3.63) is 59.2 Å². The molecule has 1 aliphatic rings. The first kappa shape index (κ1) is 13.2. The molecule has 1 aromatic carbocycles. The van der Waals surface area contributed by atoms with Crippen LogP contribution in [0.4, 0.5) is 0 Å². The number of hydrogen-bond donors (Lipinski definition) is 2. The summed E-state index contributed by atoms with van der Waals surface area (Å²) in [6.07, 6.45) is 7.45. The van der Waals surface area contributed by atoms with Gasteiger partial charge < -0.3 is 0 Å². The van der Waals surface area contributed by atoms with Crippen molar-refractivity contribution < 1.29 is 0 Å². The molecule has 104 valence electrons. The lowest BCUT2D eigenvalue weighted by molar-refractivity contribution is 0.414. The van der Waals surface area contributed by atoms with Crippen LogP contribution in [0.3, 0.4) is 0 Å². The van der Waals surface area contributed by atoms with Crippen molar-refractivity contribution in [2.75, 3.05) is 0 Å². The fourth-order valence-corrected chi connectivity index (χ4v) is 2.75. The highest BCUT2D eigenvalue weighted by Gasteiger charge is 2.25. The summed E-state index contributed by atoms with van der Waals surface area (Å²) in [6, 6.07) is 8.42. The number of hydrazine groups is 1. The fraction of sp³-hybridized carbons (Fsp3) is 0.375. The van der Waals surface area contributed by atoms with Crippen molar-refractivity contribution >= 4 is 0 Å². The average Bonchev–Trinajstić information content (AvgIpc) is 2.41. The van der Waals surface area contributed by atoms with Gasteiger partial charge in [-0.15, -0.1) is 0 Å². The summed E-state index contributed by atoms with van der Waals surface area (Å²) in [4.78, 5) is 8.79. The number of aryl methyl sites for hydroxylation is 1. The number of hydrogen-bond acceptors (Lipinski definition) is 4. The van der Waals surface area contributed by atoms with Crippen LogP contribution in [0, 0.1) is 6.92 Å². The van der Waals surface area contributed by atoms with Crippen molar-refractivity contribution in [1.82, 2.24) is 15.4 Å². The van der Waals surface area contributed by atoms with Gasteiger partial charge in [0.25, 0.3) is 0 Å². The molecule has 4 nitrogen and oxygen atoms in total. The van der Waals surface area contributed by atoms with E-state index >= 15 is 0 Å². The normalized spacial score (nSPS) is 16.7. The molecule has 1 aliphatic carbocycles. The lowest BCUT2D eigenvalue weighted by Gasteiger charge is -2.30. The molecule has 1 atom stereocenters. The van der Waals surface area contributed by atoms with E-state index in [1.54, 1.807) is 12.4 Å². The van der Waals surface area contributed by atoms with Crippen LogP contribution in [-0.2, 0) is 0 Å². The van der Waals surface area contributed by atoms with Crippen LogP contribution in [0.15, 0.2) is 36.7 Å². The molecule has 0 saturated heterocycles. The van der Waals surface area contributed by atoms with Crippen molar-refractivity contribution in [1.29, 1.82) is 0 Å². The molecule has 1 heterocycles. The van der Waals surface area contributed by atoms with Crippen LogP contribution in [0.2, 0.25) is 0 Å². The third-order valence-electron chi connectivity index (χ3n) is 4.12. The molecule has 0 aliphatic heterocycles. The van der Waals surface area contributed by atoms with Gasteiger partial charge in [-0.25, -0.2) is 5.43 Å². The molecular formula is C16H20N4. The first-order valence-corrected chi connectivity index (χ1v) is 7.13. The zero-order valence-electron chi connectivity index (χ0n) is 11.7. The van der Waals surface area contributed by atoms with Crippen LogP contribution in [-0.4, -0.2) is 9.97 Å². The summed E-state index contributed by atoms with van der Waals surface area (Å²) >= 11 is 0. The highest BCUT2D eigenvalue weighted by molar-refractivity contribution is 5.37. The third kappa shape index (κ3) is 2.44. The van der Waals surface area contributed by atoms with Gasteiger partial charge in [0.2, 0.25) is 0 Å². The van der Waals surface area contributed by atoms with Gasteiger partial charge in [0, 0.05) is 6.20 Å². The number of aromatic nitrogens is 2. The molecule has 20 heavy (non-hydrogen) atoms. The maximum Gasteiger partial charge on any atom is 0.0899 e. The summed E-state index contributed by atoms with van der Waals surface area (Å²) in [6.45, 7) is 1.93. The molecule has 0 radical (unpaired) electrons. The Balaban J connectivity index is 1.98. The quantitative estimate of drug-likeness (QED) is 0.661. The summed E-state index contributed by atoms with van der Waals surface area (Å²) < 4.78 is 0. The van der Waals surface area contributed by atoms with Crippen molar-refractivity contribution in [2.24, 2.45) is 5.84 Å². The smallest absolute Gasteiger partial charge is 0.0899 e. The summed E-state index contributed by atoms with van der Waals surface area (Å²) in [5.74, 6) is 6.45. The maximum atomic E-state index is 5.79. The van der Waals surface area contributed by atoms with Gasteiger partial charge in [-0.1, -0.05) is 30.7 Å². The number of rotatable bonds is 4. The molecule has 1 saturated carbocycles. The lowest BCUT2D eigenvalue weighted by Crippen LogP contribution is -2.31. The Morgan fingerprint density at radius 2 is 2.00 bits per heavy atom. The second-order valence-corrected chi connectivity index (χ2v) is 5.44. The van der Waals surface area contributed by atoms with Crippen LogP contribution in [0.25, 0.3) is 0 Å². The maximum absolute atomic E-state index is 5.79. The fourth-order valence-electron chi connectivity index (χ4n) is 2.75. The molecular weight excluding hydrogens is 248 g/mol. The number of benzene rings is 1. The largest absolute Gasteiger partial charge is 0.271 e. The second kappa shape index (κ2) is 5.69. The Bertz CT molecular complexity index is 575. The van der Waals surface area contributed by atoms with Gasteiger partial charge >= 0.3 is 0 Å². The van der Waals surface area contributed by atoms with Crippen molar-refractivity contribution in [3.8, 4) is 0 Å². The van der Waals surface area contributed by atoms with Crippen LogP contribution >= 0.6 is 0 Å². The van der Waals surface area contributed by atoms with Crippen LogP contribution < -0.4 is 11.3 Å². The highest BCUT2D eigenvalue weighted by Crippen LogP contribution is 2.40. The third-order valence-corrected chi connectivity index (χ3v) is 4.12. The standard InChI is InChI=1S/C16H20N4/c1-11-9-19-15(10-18-11)16(20-17)14-8-3-2-7-13(14)12-5-4-6-12/h2-3,7-10,12,16,20H,4-6,17H2,1H3. The summed E-state index contributed by atoms with van der Waals surface area (Å²) in [5.41, 5.74) is 7.29. The molecule has 3 rings (SSSR count). The zero-order chi connectivity index (χ0) is 13.9. The topological polar surface area (TPSA) is 63.8 Å². The molecule has 0 amide bonds. The van der Waals surface area contributed by atoms with E-state index in [1.165, 1.54) is 30.4 Å². The van der Waals surface area contributed by atoms with Crippen LogP contribution in [0.5, 0.6) is 0 Å². The van der Waals surface area contributed by atoms with E-state index in [0.29, 0.717) is 5.92 Å². The van der Waals surface area contributed by atoms with Crippen molar-refractivity contribution in [2.45, 2.75) is 38.1 Å². The Hall–Kier alpha value is -1.78. The van der Waals surface area contributed by atoms with E-state index in [-0.39, 0.29) is 6.04 Å². The number of nitrogens with one attached hydrogen (secondary N) is 1. The Labute approximate surface area is 119 Å². The van der Waals surface area contributed by atoms with Gasteiger partial charge in [0.1, 0.15) is 0 Å². The first-order valence-electron chi connectivity index (χ1n) is 7.13. The van der Waals surface area contributed by atoms with Crippen LogP contribution in [0.1, 0.15) is 53.7 Å².